The number of nitrogens with zero attached hydrogens (tertiary/aromatic N) is 1. The van der Waals surface area contributed by atoms with E-state index in [1.54, 1.807) is 10.8 Å². The second-order valence-corrected chi connectivity index (χ2v) is 4.23. The van der Waals surface area contributed by atoms with Gasteiger partial charge in [0.2, 0.25) is 5.78 Å². The molecule has 0 saturated heterocycles. The highest BCUT2D eigenvalue weighted by Gasteiger charge is 2.13. The van der Waals surface area contributed by atoms with Crippen LogP contribution in [0.2, 0.25) is 0 Å². The third-order valence-electron chi connectivity index (χ3n) is 2.19. The van der Waals surface area contributed by atoms with Crippen molar-refractivity contribution in [3.8, 4) is 0 Å². The van der Waals surface area contributed by atoms with Crippen molar-refractivity contribution in [1.82, 2.24) is 0 Å². The molecule has 2 N–H and O–H groups in total. The number of halogens is 1. The van der Waals surface area contributed by atoms with E-state index in [1.807, 2.05) is 5.38 Å². The summed E-state index contributed by atoms with van der Waals surface area (Å²) < 4.78 is 14.3. The molecule has 2 rings (SSSR count). The van der Waals surface area contributed by atoms with Crippen molar-refractivity contribution in [3.05, 3.63) is 47.2 Å². The molecule has 3 nitrogen and oxygen atoms in total. The van der Waals surface area contributed by atoms with Gasteiger partial charge in [-0.15, -0.1) is 0 Å². The largest absolute Gasteiger partial charge is 0.332 e. The minimum absolute atomic E-state index is 0.0879. The van der Waals surface area contributed by atoms with Crippen LogP contribution in [0.15, 0.2) is 35.8 Å². The van der Waals surface area contributed by atoms with Crippen LogP contribution in [-0.4, -0.2) is 5.78 Å². The number of rotatable bonds is 3. The van der Waals surface area contributed by atoms with Crippen molar-refractivity contribution >= 4 is 22.3 Å². The Morgan fingerprint density at radius 1 is 1.38 bits per heavy atom. The van der Waals surface area contributed by atoms with Gasteiger partial charge in [-0.25, -0.2) is 8.96 Å². The van der Waals surface area contributed by atoms with Crippen molar-refractivity contribution in [2.24, 2.45) is 0 Å². The van der Waals surface area contributed by atoms with Gasteiger partial charge in [-0.3, -0.25) is 10.5 Å². The van der Waals surface area contributed by atoms with Crippen LogP contribution in [0.1, 0.15) is 10.4 Å². The fourth-order valence-corrected chi connectivity index (χ4v) is 1.94. The second-order valence-electron chi connectivity index (χ2n) is 3.30. The van der Waals surface area contributed by atoms with Gasteiger partial charge in [0.15, 0.2) is 6.54 Å². The summed E-state index contributed by atoms with van der Waals surface area (Å²) in [7, 11) is 0. The van der Waals surface area contributed by atoms with Crippen LogP contribution in [-0.2, 0) is 6.54 Å². The van der Waals surface area contributed by atoms with Gasteiger partial charge in [-0.2, -0.15) is 0 Å². The van der Waals surface area contributed by atoms with Crippen LogP contribution >= 0.6 is 11.3 Å². The van der Waals surface area contributed by atoms with Gasteiger partial charge in [-0.05, 0) is 24.3 Å². The first-order chi connectivity index (χ1) is 7.66. The van der Waals surface area contributed by atoms with Gasteiger partial charge < -0.3 is 0 Å². The van der Waals surface area contributed by atoms with Crippen molar-refractivity contribution < 1.29 is 13.8 Å². The molecule has 0 radical (unpaired) electrons. The summed E-state index contributed by atoms with van der Waals surface area (Å²) in [4.78, 5) is 11.8. The molecule has 0 aliphatic carbocycles. The van der Waals surface area contributed by atoms with E-state index in [0.717, 1.165) is 0 Å². The number of carbonyl (C=O) groups excluding carboxylic acids is 1. The molecule has 0 aliphatic rings. The number of carbonyl (C=O) groups is 1. The Kier molecular flexibility index (Phi) is 2.96. The van der Waals surface area contributed by atoms with Gasteiger partial charge >= 0.3 is 5.13 Å². The minimum atomic E-state index is -0.348. The van der Waals surface area contributed by atoms with Gasteiger partial charge in [0.25, 0.3) is 0 Å². The predicted molar refractivity (Wildman–Crippen MR) is 59.7 cm³/mol. The number of aromatic nitrogens is 1. The maximum atomic E-state index is 12.7. The Hall–Kier alpha value is -1.75. The first kappa shape index (κ1) is 10.8. The highest BCUT2D eigenvalue weighted by atomic mass is 32.1. The number of nitrogen functional groups attached to an aromatic ring is 1. The standard InChI is InChI=1S/C11H9FN2OS/c12-9-3-1-8(2-4-9)10(15)7-14-5-6-16-11(14)13/h1-6,13H,7H2/p+1. The fourth-order valence-electron chi connectivity index (χ4n) is 1.33. The summed E-state index contributed by atoms with van der Waals surface area (Å²) in [6, 6.07) is 5.49. The van der Waals surface area contributed by atoms with E-state index >= 15 is 0 Å². The number of thiazole rings is 1. The van der Waals surface area contributed by atoms with Crippen LogP contribution in [0.4, 0.5) is 9.52 Å². The summed E-state index contributed by atoms with van der Waals surface area (Å²) >= 11 is 1.37. The normalized spacial score (nSPS) is 10.3. The lowest BCUT2D eigenvalue weighted by molar-refractivity contribution is -0.664. The van der Waals surface area contributed by atoms with E-state index in [0.29, 0.717) is 10.7 Å². The average Bonchev–Trinajstić information content (AvgIpc) is 2.65. The zero-order valence-corrected chi connectivity index (χ0v) is 9.21. The number of Topliss-reactive ketones (excluding diaryl/α,β-unsaturated/α-hetero) is 1. The highest BCUT2D eigenvalue weighted by molar-refractivity contribution is 7.12. The number of hydrogen-bond donors (Lipinski definition) is 1. The molecule has 0 bridgehead atoms. The van der Waals surface area contributed by atoms with Crippen molar-refractivity contribution in [1.29, 1.82) is 0 Å². The summed E-state index contributed by atoms with van der Waals surface area (Å²) in [5.41, 5.74) is 6.15. The van der Waals surface area contributed by atoms with E-state index in [4.69, 9.17) is 5.73 Å². The van der Waals surface area contributed by atoms with E-state index < -0.39 is 0 Å². The molecule has 1 heterocycles. The molecular weight excluding hydrogens is 227 g/mol. The van der Waals surface area contributed by atoms with Gasteiger partial charge in [-0.1, -0.05) is 11.3 Å². The summed E-state index contributed by atoms with van der Waals surface area (Å²) in [5.74, 6) is -0.436. The summed E-state index contributed by atoms with van der Waals surface area (Å²) in [6.07, 6.45) is 1.75. The van der Waals surface area contributed by atoms with Gasteiger partial charge in [0.05, 0.1) is 0 Å². The predicted octanol–water partition coefficient (Wildman–Crippen LogP) is 1.64. The average molecular weight is 237 g/mol. The number of ketones is 1. The topological polar surface area (TPSA) is 47.0 Å². The first-order valence-electron chi connectivity index (χ1n) is 4.68. The third kappa shape index (κ3) is 2.25. The van der Waals surface area contributed by atoms with Crippen LogP contribution in [0.25, 0.3) is 0 Å². The van der Waals surface area contributed by atoms with E-state index in [9.17, 15) is 9.18 Å². The van der Waals surface area contributed by atoms with Gasteiger partial charge in [0.1, 0.15) is 12.0 Å². The lowest BCUT2D eigenvalue weighted by Gasteiger charge is -1.99. The van der Waals surface area contributed by atoms with Crippen molar-refractivity contribution in [2.45, 2.75) is 6.54 Å². The van der Waals surface area contributed by atoms with Crippen molar-refractivity contribution in [3.63, 3.8) is 0 Å². The Balaban J connectivity index is 2.15. The molecule has 1 aromatic heterocycles. The first-order valence-corrected chi connectivity index (χ1v) is 5.56. The molecule has 0 amide bonds. The Bertz CT molecular complexity index is 507. The number of benzene rings is 1. The molecule has 0 aliphatic heterocycles. The second kappa shape index (κ2) is 4.40. The SMILES string of the molecule is Nc1scc[n+]1CC(=O)c1ccc(F)cc1. The van der Waals surface area contributed by atoms with Gasteiger partial charge in [0, 0.05) is 10.9 Å². The maximum absolute atomic E-state index is 12.7. The smallest absolute Gasteiger partial charge is 0.290 e. The van der Waals surface area contributed by atoms with Crippen LogP contribution in [0.5, 0.6) is 0 Å². The number of anilines is 1. The number of hydrogen-bond acceptors (Lipinski definition) is 3. The van der Waals surface area contributed by atoms with E-state index in [2.05, 4.69) is 0 Å². The highest BCUT2D eigenvalue weighted by Crippen LogP contribution is 2.06. The lowest BCUT2D eigenvalue weighted by atomic mass is 10.1. The van der Waals surface area contributed by atoms with E-state index in [1.165, 1.54) is 35.6 Å². The Morgan fingerprint density at radius 3 is 2.62 bits per heavy atom. The molecule has 0 unspecified atom stereocenters. The molecule has 0 spiro atoms. The lowest BCUT2D eigenvalue weighted by Crippen LogP contribution is -2.38. The quantitative estimate of drug-likeness (QED) is 0.651. The third-order valence-corrected chi connectivity index (χ3v) is 2.93. The molecule has 1 aromatic carbocycles. The van der Waals surface area contributed by atoms with Crippen LogP contribution in [0.3, 0.4) is 0 Å². The Labute approximate surface area is 96.0 Å². The minimum Gasteiger partial charge on any atom is -0.290 e. The fraction of sp³-hybridized carbons (Fsp3) is 0.0909. The molecule has 0 atom stereocenters. The van der Waals surface area contributed by atoms with Crippen LogP contribution in [0, 0.1) is 5.82 Å². The summed E-state index contributed by atoms with van der Waals surface area (Å²) in [5, 5.41) is 2.39. The molecule has 16 heavy (non-hydrogen) atoms. The zero-order valence-electron chi connectivity index (χ0n) is 8.39. The molecule has 0 saturated carbocycles. The summed E-state index contributed by atoms with van der Waals surface area (Å²) in [6.45, 7) is 0.182. The molecule has 2 aromatic rings. The molecule has 0 fully saturated rings. The van der Waals surface area contributed by atoms with Crippen LogP contribution < -0.4 is 10.3 Å². The zero-order chi connectivity index (χ0) is 11.5. The molecular formula is C11H10FN2OS+. The monoisotopic (exact) mass is 237 g/mol. The van der Waals surface area contributed by atoms with E-state index in [-0.39, 0.29) is 18.1 Å². The molecule has 82 valence electrons. The maximum Gasteiger partial charge on any atom is 0.332 e. The molecule has 5 heteroatoms. The number of nitrogens with two attached hydrogens (primary N) is 1. The van der Waals surface area contributed by atoms with Crippen molar-refractivity contribution in [2.75, 3.05) is 5.73 Å². The Morgan fingerprint density at radius 2 is 2.06 bits per heavy atom.